The molecule has 0 spiro atoms. The normalized spacial score (nSPS) is 11.0. The van der Waals surface area contributed by atoms with E-state index in [1.54, 1.807) is 6.20 Å². The van der Waals surface area contributed by atoms with Gasteiger partial charge in [-0.25, -0.2) is 44.9 Å². The third-order valence-corrected chi connectivity index (χ3v) is 21.0. The first-order valence-electron chi connectivity index (χ1n) is 39.7. The maximum atomic E-state index is 5.01. The van der Waals surface area contributed by atoms with E-state index >= 15 is 0 Å². The highest BCUT2D eigenvalue weighted by Gasteiger charge is 2.21. The van der Waals surface area contributed by atoms with Crippen LogP contribution in [0.3, 0.4) is 0 Å². The van der Waals surface area contributed by atoms with Gasteiger partial charge in [0.05, 0.1) is 5.69 Å². The molecule has 0 saturated heterocycles. The minimum absolute atomic E-state index is 0.649. The fourth-order valence-corrected chi connectivity index (χ4v) is 14.9. The topological polar surface area (TPSA) is 155 Å². The Morgan fingerprint density at radius 3 is 0.700 bits per heavy atom. The van der Waals surface area contributed by atoms with Crippen LogP contribution in [0.1, 0.15) is 0 Å². The highest BCUT2D eigenvalue weighted by molar-refractivity contribution is 6.02. The molecule has 0 fully saturated rings. The molecule has 0 N–H and O–H groups in total. The third kappa shape index (κ3) is 16.4. The first kappa shape index (κ1) is 73.7. The summed E-state index contributed by atoms with van der Waals surface area (Å²) in [5.74, 6) is 5.87. The van der Waals surface area contributed by atoms with Crippen LogP contribution in [0, 0.1) is 0 Å². The summed E-state index contributed by atoms with van der Waals surface area (Å²) in [5, 5.41) is 6.70. The Balaban J connectivity index is 0.000000119. The van der Waals surface area contributed by atoms with E-state index in [2.05, 4.69) is 203 Å². The van der Waals surface area contributed by atoms with Crippen molar-refractivity contribution in [2.45, 2.75) is 0 Å². The molecule has 120 heavy (non-hydrogen) atoms. The SMILES string of the molecule is c1ccc(-c2nc(-c3ccccc3)nc(-c3cc(-c4ccc(-c5ccccn5)cc4)cc4ccccc34)n2)cc1.c1ccc(-c2nc(-c3ccccc3)nc(-c3cc(-c4ccc(-c5cccnc5)cc4)cc4ccccc34)n2)cc1.c1ccc(-c2nc(-c3ccccc3)nc(-c3cc(-c4ccc(-c5ccncc5)cc4)cc4ccccc34)n2)cc1. The fraction of sp³-hybridized carbons (Fsp3) is 0. The summed E-state index contributed by atoms with van der Waals surface area (Å²) in [5.41, 5.74) is 21.9. The summed E-state index contributed by atoms with van der Waals surface area (Å²) in [7, 11) is 0. The molecule has 0 aliphatic carbocycles. The van der Waals surface area contributed by atoms with Crippen LogP contribution in [-0.2, 0) is 0 Å². The maximum Gasteiger partial charge on any atom is 0.164 e. The molecule has 0 amide bonds. The summed E-state index contributed by atoms with van der Waals surface area (Å²) < 4.78 is 0. The average molecular weight is 1540 g/mol. The lowest BCUT2D eigenvalue weighted by Gasteiger charge is -2.13. The zero-order valence-electron chi connectivity index (χ0n) is 64.9. The van der Waals surface area contributed by atoms with Crippen LogP contribution >= 0.6 is 0 Å². The zero-order chi connectivity index (χ0) is 80.2. The molecule has 0 aliphatic rings. The summed E-state index contributed by atoms with van der Waals surface area (Å²) in [4.78, 5) is 57.6. The first-order valence-corrected chi connectivity index (χ1v) is 39.7. The molecule has 0 atom stereocenters. The molecular weight excluding hydrogens is 1470 g/mol. The molecular formula is C108H72N12. The van der Waals surface area contributed by atoms with E-state index in [4.69, 9.17) is 44.9 Å². The van der Waals surface area contributed by atoms with Crippen LogP contribution in [-0.4, -0.2) is 59.8 Å². The Hall–Kier alpha value is -16.4. The molecule has 0 bridgehead atoms. The molecule has 564 valence electrons. The lowest BCUT2D eigenvalue weighted by Crippen LogP contribution is -2.00. The van der Waals surface area contributed by atoms with E-state index in [0.29, 0.717) is 52.4 Å². The maximum absolute atomic E-state index is 5.01. The van der Waals surface area contributed by atoms with Crippen LogP contribution < -0.4 is 0 Å². The predicted molar refractivity (Wildman–Crippen MR) is 487 cm³/mol. The molecule has 0 unspecified atom stereocenters. The zero-order valence-corrected chi connectivity index (χ0v) is 64.9. The first-order chi connectivity index (χ1) is 59.4. The fourth-order valence-electron chi connectivity index (χ4n) is 14.9. The van der Waals surface area contributed by atoms with Gasteiger partial charge in [-0.3, -0.25) is 15.0 Å². The van der Waals surface area contributed by atoms with Gasteiger partial charge in [-0.2, -0.15) is 0 Å². The quantitative estimate of drug-likeness (QED) is 0.0959. The largest absolute Gasteiger partial charge is 0.265 e. The Labute approximate surface area is 694 Å². The van der Waals surface area contributed by atoms with Gasteiger partial charge in [-0.1, -0.05) is 340 Å². The summed E-state index contributed by atoms with van der Waals surface area (Å²) in [6.45, 7) is 0. The summed E-state index contributed by atoms with van der Waals surface area (Å²) in [6.07, 6.45) is 9.14. The number of hydrogen-bond acceptors (Lipinski definition) is 12. The Bertz CT molecular complexity index is 6270. The molecule has 15 aromatic carbocycles. The minimum atomic E-state index is 0.649. The molecule has 21 aromatic rings. The number of rotatable bonds is 15. The van der Waals surface area contributed by atoms with Crippen molar-refractivity contribution in [1.82, 2.24) is 59.8 Å². The number of hydrogen-bond donors (Lipinski definition) is 0. The summed E-state index contributed by atoms with van der Waals surface area (Å²) >= 11 is 0. The monoisotopic (exact) mass is 1540 g/mol. The smallest absolute Gasteiger partial charge is 0.164 e. The lowest BCUT2D eigenvalue weighted by molar-refractivity contribution is 1.08. The third-order valence-electron chi connectivity index (χ3n) is 21.0. The second-order valence-corrected chi connectivity index (χ2v) is 28.8. The van der Waals surface area contributed by atoms with Crippen LogP contribution in [0.5, 0.6) is 0 Å². The average Bonchev–Trinajstić information content (AvgIpc) is 0.776. The second-order valence-electron chi connectivity index (χ2n) is 28.8. The number of aromatic nitrogens is 12. The second kappa shape index (κ2) is 34.3. The van der Waals surface area contributed by atoms with Gasteiger partial charge in [0.1, 0.15) is 0 Å². The molecule has 0 aliphatic heterocycles. The number of fused-ring (bicyclic) bond motifs is 3. The lowest BCUT2D eigenvalue weighted by atomic mass is 9.95. The minimum Gasteiger partial charge on any atom is -0.265 e. The standard InChI is InChI=1S/3C36H24N4/c1-3-11-27(12-4-1)34-38-35(28-13-5-2-6-14-28)40-36(39-34)32-24-30(23-29-15-7-8-16-31(29)32)25-18-20-26(21-19-25)33-17-9-10-22-37-33;1-3-10-27(11-4-1)34-38-35(28-12-5-2-6-13-28)40-36(39-34)33-23-31(22-29-14-7-8-16-32(29)33)26-19-17-25(18-20-26)30-15-9-21-37-24-30;1-3-9-28(10-4-1)34-38-35(29-11-5-2-6-12-29)40-36(39-34)33-24-31(23-30-13-7-8-14-32(30)33)26-17-15-25(16-18-26)27-19-21-37-22-20-27/h3*1-24H. The predicted octanol–water partition coefficient (Wildman–Crippen LogP) is 26.3. The molecule has 12 heteroatoms. The molecule has 0 saturated carbocycles. The molecule has 21 rings (SSSR count). The molecule has 0 radical (unpaired) electrons. The van der Waals surface area contributed by atoms with Crippen molar-refractivity contribution in [3.8, 4) is 169 Å². The highest BCUT2D eigenvalue weighted by atomic mass is 15.1. The number of benzene rings is 15. The van der Waals surface area contributed by atoms with Crippen LogP contribution in [0.4, 0.5) is 0 Å². The molecule has 6 heterocycles. The van der Waals surface area contributed by atoms with E-state index in [9.17, 15) is 0 Å². The van der Waals surface area contributed by atoms with Gasteiger partial charge in [-0.15, -0.1) is 0 Å². The van der Waals surface area contributed by atoms with Gasteiger partial charge < -0.3 is 0 Å². The van der Waals surface area contributed by atoms with E-state index in [1.165, 1.54) is 0 Å². The number of nitrogens with zero attached hydrogens (tertiary/aromatic N) is 12. The van der Waals surface area contributed by atoms with Gasteiger partial charge in [0.15, 0.2) is 52.4 Å². The Morgan fingerprint density at radius 2 is 0.400 bits per heavy atom. The van der Waals surface area contributed by atoms with Crippen molar-refractivity contribution in [1.29, 1.82) is 0 Å². The van der Waals surface area contributed by atoms with Gasteiger partial charge in [0, 0.05) is 86.6 Å². The molecule has 12 nitrogen and oxygen atoms in total. The van der Waals surface area contributed by atoms with E-state index in [-0.39, 0.29) is 0 Å². The van der Waals surface area contributed by atoms with E-state index in [1.807, 2.05) is 243 Å². The van der Waals surface area contributed by atoms with Crippen molar-refractivity contribution < 1.29 is 0 Å². The number of pyridine rings is 3. The Morgan fingerprint density at radius 1 is 0.142 bits per heavy atom. The highest BCUT2D eigenvalue weighted by Crippen LogP contribution is 2.40. The van der Waals surface area contributed by atoms with E-state index in [0.717, 1.165) is 149 Å². The van der Waals surface area contributed by atoms with Gasteiger partial charge in [0.2, 0.25) is 0 Å². The Kier molecular flexibility index (Phi) is 21.1. The van der Waals surface area contributed by atoms with Gasteiger partial charge in [-0.05, 0) is 155 Å². The van der Waals surface area contributed by atoms with Crippen molar-refractivity contribution in [3.05, 3.63) is 437 Å². The molecule has 6 aromatic heterocycles. The summed E-state index contributed by atoms with van der Waals surface area (Å²) in [6, 6.07) is 139. The van der Waals surface area contributed by atoms with Crippen LogP contribution in [0.15, 0.2) is 437 Å². The van der Waals surface area contributed by atoms with Crippen molar-refractivity contribution in [2.24, 2.45) is 0 Å². The van der Waals surface area contributed by atoms with Crippen LogP contribution in [0.2, 0.25) is 0 Å². The van der Waals surface area contributed by atoms with Crippen molar-refractivity contribution >= 4 is 32.3 Å². The van der Waals surface area contributed by atoms with Crippen molar-refractivity contribution in [2.75, 3.05) is 0 Å². The van der Waals surface area contributed by atoms with Gasteiger partial charge >= 0.3 is 0 Å². The van der Waals surface area contributed by atoms with Gasteiger partial charge in [0.25, 0.3) is 0 Å². The van der Waals surface area contributed by atoms with Crippen molar-refractivity contribution in [3.63, 3.8) is 0 Å². The van der Waals surface area contributed by atoms with Crippen LogP contribution in [0.25, 0.3) is 202 Å². The van der Waals surface area contributed by atoms with E-state index < -0.39 is 0 Å².